The third-order valence-corrected chi connectivity index (χ3v) is 3.76. The lowest BCUT2D eigenvalue weighted by atomic mass is 10.1. The number of aromatic nitrogens is 1. The van der Waals surface area contributed by atoms with Gasteiger partial charge in [0.2, 0.25) is 0 Å². The molecule has 0 saturated carbocycles. The molecule has 1 aromatic heterocycles. The second kappa shape index (κ2) is 6.96. The zero-order valence-electron chi connectivity index (χ0n) is 12.9. The molecule has 1 saturated heterocycles. The number of carbonyl (C=O) groups is 1. The van der Waals surface area contributed by atoms with Crippen LogP contribution in [-0.4, -0.2) is 42.1 Å². The highest BCUT2D eigenvalue weighted by atomic mass is 19.3. The van der Waals surface area contributed by atoms with Crippen LogP contribution in [0.15, 0.2) is 35.1 Å². The van der Waals surface area contributed by atoms with Gasteiger partial charge in [-0.15, -0.1) is 0 Å². The fourth-order valence-corrected chi connectivity index (χ4v) is 2.59. The number of oxazole rings is 1. The van der Waals surface area contributed by atoms with Gasteiger partial charge in [-0.25, -0.2) is 4.98 Å². The lowest BCUT2D eigenvalue weighted by Crippen LogP contribution is -2.42. The zero-order valence-corrected chi connectivity index (χ0v) is 12.9. The number of rotatable bonds is 4. The summed E-state index contributed by atoms with van der Waals surface area (Å²) in [6.07, 6.45) is 0.808. The van der Waals surface area contributed by atoms with Crippen LogP contribution in [0, 0.1) is 6.92 Å². The van der Waals surface area contributed by atoms with E-state index in [2.05, 4.69) is 9.72 Å². The monoisotopic (exact) mass is 338 g/mol. The van der Waals surface area contributed by atoms with E-state index in [1.54, 1.807) is 24.0 Å². The van der Waals surface area contributed by atoms with Gasteiger partial charge in [0.05, 0.1) is 13.2 Å². The van der Waals surface area contributed by atoms with Gasteiger partial charge in [0.1, 0.15) is 17.6 Å². The smallest absolute Gasteiger partial charge is 0.387 e. The average Bonchev–Trinajstić information content (AvgIpc) is 3.00. The topological polar surface area (TPSA) is 64.8 Å². The summed E-state index contributed by atoms with van der Waals surface area (Å²) in [5, 5.41) is 0. The predicted molar refractivity (Wildman–Crippen MR) is 78.9 cm³/mol. The van der Waals surface area contributed by atoms with Crippen LogP contribution in [0.1, 0.15) is 27.9 Å². The summed E-state index contributed by atoms with van der Waals surface area (Å²) in [5.41, 5.74) is 0.938. The zero-order chi connectivity index (χ0) is 17.1. The van der Waals surface area contributed by atoms with E-state index in [0.29, 0.717) is 31.0 Å². The Labute approximate surface area is 137 Å². The molecule has 0 N–H and O–H groups in total. The van der Waals surface area contributed by atoms with E-state index in [1.165, 1.54) is 18.5 Å². The molecule has 0 bridgehead atoms. The van der Waals surface area contributed by atoms with E-state index >= 15 is 0 Å². The number of hydrogen-bond acceptors (Lipinski definition) is 5. The summed E-state index contributed by atoms with van der Waals surface area (Å²) >= 11 is 0. The first kappa shape index (κ1) is 16.4. The van der Waals surface area contributed by atoms with Crippen LogP contribution in [0.25, 0.3) is 0 Å². The van der Waals surface area contributed by atoms with Crippen molar-refractivity contribution in [1.82, 2.24) is 9.88 Å². The van der Waals surface area contributed by atoms with Gasteiger partial charge in [0.15, 0.2) is 12.1 Å². The maximum Gasteiger partial charge on any atom is 0.387 e. The van der Waals surface area contributed by atoms with Crippen LogP contribution < -0.4 is 4.74 Å². The van der Waals surface area contributed by atoms with E-state index in [-0.39, 0.29) is 17.4 Å². The van der Waals surface area contributed by atoms with Crippen LogP contribution in [0.5, 0.6) is 5.75 Å². The lowest BCUT2D eigenvalue weighted by molar-refractivity contribution is -0.0504. The molecule has 8 heteroatoms. The van der Waals surface area contributed by atoms with Crippen LogP contribution in [-0.2, 0) is 4.74 Å². The molecule has 0 aliphatic carbocycles. The number of nitrogens with zero attached hydrogens (tertiary/aromatic N) is 2. The van der Waals surface area contributed by atoms with Crippen LogP contribution in [0.3, 0.4) is 0 Å². The molecule has 1 amide bonds. The number of benzene rings is 1. The predicted octanol–water partition coefficient (Wildman–Crippen LogP) is 2.80. The summed E-state index contributed by atoms with van der Waals surface area (Å²) in [5.74, 6) is 0.270. The molecule has 2 aromatic rings. The first-order chi connectivity index (χ1) is 11.5. The largest absolute Gasteiger partial charge is 0.448 e. The molecule has 24 heavy (non-hydrogen) atoms. The van der Waals surface area contributed by atoms with Crippen molar-refractivity contribution in [3.8, 4) is 5.75 Å². The van der Waals surface area contributed by atoms with E-state index in [1.807, 2.05) is 0 Å². The summed E-state index contributed by atoms with van der Waals surface area (Å²) in [6, 6.07) is 6.30. The minimum Gasteiger partial charge on any atom is -0.448 e. The molecule has 1 fully saturated rings. The van der Waals surface area contributed by atoms with Crippen molar-refractivity contribution in [2.24, 2.45) is 0 Å². The van der Waals surface area contributed by atoms with E-state index < -0.39 is 12.7 Å². The van der Waals surface area contributed by atoms with Crippen LogP contribution >= 0.6 is 0 Å². The third kappa shape index (κ3) is 3.53. The van der Waals surface area contributed by atoms with Crippen molar-refractivity contribution >= 4 is 5.91 Å². The van der Waals surface area contributed by atoms with Crippen LogP contribution in [0.2, 0.25) is 0 Å². The van der Waals surface area contributed by atoms with Crippen molar-refractivity contribution < 1.29 is 27.5 Å². The molecule has 0 radical (unpaired) electrons. The molecule has 6 nitrogen and oxygen atoms in total. The number of aryl methyl sites for hydroxylation is 1. The fourth-order valence-electron chi connectivity index (χ4n) is 2.59. The first-order valence-corrected chi connectivity index (χ1v) is 7.40. The highest BCUT2D eigenvalue weighted by molar-refractivity contribution is 5.93. The maximum atomic E-state index is 12.5. The molecular formula is C16H16F2N2O4. The minimum absolute atomic E-state index is 0.0573. The number of halogens is 2. The normalized spacial score (nSPS) is 18.0. The third-order valence-electron chi connectivity index (χ3n) is 3.76. The summed E-state index contributed by atoms with van der Waals surface area (Å²) in [6.45, 7) is -0.157. The summed E-state index contributed by atoms with van der Waals surface area (Å²) in [7, 11) is 0. The average molecular weight is 338 g/mol. The highest BCUT2D eigenvalue weighted by Gasteiger charge is 2.28. The fraction of sp³-hybridized carbons (Fsp3) is 0.375. The van der Waals surface area contributed by atoms with Gasteiger partial charge in [-0.05, 0) is 24.6 Å². The van der Waals surface area contributed by atoms with Crippen LogP contribution in [0.4, 0.5) is 8.78 Å². The Kier molecular flexibility index (Phi) is 4.75. The SMILES string of the molecule is Cc1ocnc1C(=O)N1CCO[C@H](c2cccc(OC(F)F)c2)C1. The molecule has 1 aliphatic heterocycles. The number of alkyl halides is 2. The molecule has 1 atom stereocenters. The molecule has 3 rings (SSSR count). The van der Waals surface area contributed by atoms with Crippen molar-refractivity contribution in [3.05, 3.63) is 47.7 Å². The summed E-state index contributed by atoms with van der Waals surface area (Å²) < 4.78 is 39.8. The van der Waals surface area contributed by atoms with Crippen molar-refractivity contribution in [2.45, 2.75) is 19.6 Å². The number of hydrogen-bond donors (Lipinski definition) is 0. The Morgan fingerprint density at radius 2 is 2.29 bits per heavy atom. The van der Waals surface area contributed by atoms with Gasteiger partial charge in [-0.1, -0.05) is 12.1 Å². The lowest BCUT2D eigenvalue weighted by Gasteiger charge is -2.33. The number of ether oxygens (including phenoxy) is 2. The second-order valence-corrected chi connectivity index (χ2v) is 5.32. The van der Waals surface area contributed by atoms with Gasteiger partial charge in [0, 0.05) is 6.54 Å². The van der Waals surface area contributed by atoms with Gasteiger partial charge in [-0.2, -0.15) is 8.78 Å². The second-order valence-electron chi connectivity index (χ2n) is 5.32. The highest BCUT2D eigenvalue weighted by Crippen LogP contribution is 2.27. The Balaban J connectivity index is 1.74. The van der Waals surface area contributed by atoms with Gasteiger partial charge < -0.3 is 18.8 Å². The Bertz CT molecular complexity index is 720. The Morgan fingerprint density at radius 3 is 3.00 bits per heavy atom. The quantitative estimate of drug-likeness (QED) is 0.858. The van der Waals surface area contributed by atoms with Crippen molar-refractivity contribution in [3.63, 3.8) is 0 Å². The van der Waals surface area contributed by atoms with E-state index in [4.69, 9.17) is 9.15 Å². The number of carbonyl (C=O) groups excluding carboxylic acids is 1. The Morgan fingerprint density at radius 1 is 1.46 bits per heavy atom. The van der Waals surface area contributed by atoms with Gasteiger partial charge in [-0.3, -0.25) is 4.79 Å². The Hall–Kier alpha value is -2.48. The first-order valence-electron chi connectivity index (χ1n) is 7.40. The molecule has 128 valence electrons. The van der Waals surface area contributed by atoms with Crippen molar-refractivity contribution in [2.75, 3.05) is 19.7 Å². The standard InChI is InChI=1S/C16H16F2N2O4/c1-10-14(19-9-23-10)15(21)20-5-6-22-13(8-20)11-3-2-4-12(7-11)24-16(17)18/h2-4,7,9,13,16H,5-6,8H2,1H3/t13-/m0/s1. The molecule has 0 unspecified atom stereocenters. The number of amides is 1. The molecule has 1 aliphatic rings. The van der Waals surface area contributed by atoms with Crippen molar-refractivity contribution in [1.29, 1.82) is 0 Å². The van der Waals surface area contributed by atoms with Gasteiger partial charge >= 0.3 is 6.61 Å². The maximum absolute atomic E-state index is 12.5. The molecular weight excluding hydrogens is 322 g/mol. The molecule has 0 spiro atoms. The molecule has 1 aromatic carbocycles. The van der Waals surface area contributed by atoms with Gasteiger partial charge in [0.25, 0.3) is 5.91 Å². The number of morpholine rings is 1. The molecule has 2 heterocycles. The minimum atomic E-state index is -2.89. The van der Waals surface area contributed by atoms with E-state index in [9.17, 15) is 13.6 Å². The van der Waals surface area contributed by atoms with E-state index in [0.717, 1.165) is 0 Å². The summed E-state index contributed by atoms with van der Waals surface area (Å²) in [4.78, 5) is 18.0.